The number of nitrogens with zero attached hydrogens (tertiary/aromatic N) is 3. The first-order valence-electron chi connectivity index (χ1n) is 8.08. The molecular weight excluding hydrogens is 304 g/mol. The molecule has 0 radical (unpaired) electrons. The summed E-state index contributed by atoms with van der Waals surface area (Å²) in [5, 5.41) is 11.2. The van der Waals surface area contributed by atoms with Gasteiger partial charge < -0.3 is 21.1 Å². The summed E-state index contributed by atoms with van der Waals surface area (Å²) >= 11 is 0. The second-order valence-corrected chi connectivity index (χ2v) is 5.29. The third-order valence-corrected chi connectivity index (χ3v) is 3.49. The van der Waals surface area contributed by atoms with Crippen molar-refractivity contribution in [2.75, 3.05) is 30.3 Å². The standard InChI is InChI=1S/C17H22N6O/c1-2-24-14-6-4-13(5-7-14)21-15-12-16(19-9-3-8-18)22-23-11-10-20-17(15)23/h4-7,10-12,21H,2-3,8-9,18H2,1H3,(H,19,22). The van der Waals surface area contributed by atoms with Crippen molar-refractivity contribution in [2.24, 2.45) is 5.73 Å². The van der Waals surface area contributed by atoms with Crippen molar-refractivity contribution in [1.82, 2.24) is 14.6 Å². The number of benzene rings is 1. The van der Waals surface area contributed by atoms with Gasteiger partial charge in [0.25, 0.3) is 0 Å². The predicted octanol–water partition coefficient (Wildman–Crippen LogP) is 2.63. The molecule has 4 N–H and O–H groups in total. The lowest BCUT2D eigenvalue weighted by Gasteiger charge is -2.11. The van der Waals surface area contributed by atoms with Crippen molar-refractivity contribution >= 4 is 22.8 Å². The molecule has 0 saturated heterocycles. The van der Waals surface area contributed by atoms with Crippen molar-refractivity contribution in [3.05, 3.63) is 42.7 Å². The molecule has 7 nitrogen and oxygen atoms in total. The number of aromatic nitrogens is 3. The topological polar surface area (TPSA) is 89.5 Å². The Morgan fingerprint density at radius 1 is 1.25 bits per heavy atom. The van der Waals surface area contributed by atoms with E-state index in [9.17, 15) is 0 Å². The Bertz CT molecular complexity index is 783. The van der Waals surface area contributed by atoms with Crippen LogP contribution in [0.1, 0.15) is 13.3 Å². The first-order chi connectivity index (χ1) is 11.8. The molecule has 7 heteroatoms. The van der Waals surface area contributed by atoms with Crippen LogP contribution in [-0.2, 0) is 0 Å². The number of ether oxygens (including phenoxy) is 1. The second-order valence-electron chi connectivity index (χ2n) is 5.29. The molecule has 0 unspecified atom stereocenters. The molecule has 0 atom stereocenters. The van der Waals surface area contributed by atoms with Gasteiger partial charge in [0.05, 0.1) is 12.3 Å². The summed E-state index contributed by atoms with van der Waals surface area (Å²) in [6.07, 6.45) is 4.45. The molecule has 3 rings (SSSR count). The normalized spacial score (nSPS) is 10.8. The predicted molar refractivity (Wildman–Crippen MR) is 96.0 cm³/mol. The smallest absolute Gasteiger partial charge is 0.177 e. The van der Waals surface area contributed by atoms with E-state index >= 15 is 0 Å². The van der Waals surface area contributed by atoms with Crippen molar-refractivity contribution < 1.29 is 4.74 Å². The van der Waals surface area contributed by atoms with Crippen LogP contribution < -0.4 is 21.1 Å². The van der Waals surface area contributed by atoms with Crippen molar-refractivity contribution in [2.45, 2.75) is 13.3 Å². The van der Waals surface area contributed by atoms with Gasteiger partial charge in [-0.2, -0.15) is 0 Å². The molecule has 0 spiro atoms. The maximum atomic E-state index is 5.53. The highest BCUT2D eigenvalue weighted by molar-refractivity contribution is 5.75. The molecule has 2 heterocycles. The second kappa shape index (κ2) is 7.65. The zero-order chi connectivity index (χ0) is 16.8. The third-order valence-electron chi connectivity index (χ3n) is 3.49. The Hall–Kier alpha value is -2.80. The summed E-state index contributed by atoms with van der Waals surface area (Å²) in [7, 11) is 0. The van der Waals surface area contributed by atoms with E-state index in [2.05, 4.69) is 20.7 Å². The minimum Gasteiger partial charge on any atom is -0.494 e. The number of nitrogens with one attached hydrogen (secondary N) is 2. The molecular formula is C17H22N6O. The Kier molecular flexibility index (Phi) is 5.12. The largest absolute Gasteiger partial charge is 0.494 e. The van der Waals surface area contributed by atoms with E-state index in [0.717, 1.165) is 41.6 Å². The lowest BCUT2D eigenvalue weighted by molar-refractivity contribution is 0.340. The lowest BCUT2D eigenvalue weighted by atomic mass is 10.3. The number of imidazole rings is 1. The van der Waals surface area contributed by atoms with E-state index in [-0.39, 0.29) is 0 Å². The van der Waals surface area contributed by atoms with Gasteiger partial charge >= 0.3 is 0 Å². The van der Waals surface area contributed by atoms with Crippen LogP contribution in [0.2, 0.25) is 0 Å². The number of hydrogen-bond donors (Lipinski definition) is 3. The van der Waals surface area contributed by atoms with Crippen molar-refractivity contribution in [3.63, 3.8) is 0 Å². The van der Waals surface area contributed by atoms with Crippen LogP contribution in [0, 0.1) is 0 Å². The minimum absolute atomic E-state index is 0.650. The van der Waals surface area contributed by atoms with Gasteiger partial charge in [0.15, 0.2) is 5.65 Å². The third kappa shape index (κ3) is 3.75. The number of nitrogens with two attached hydrogens (primary N) is 1. The molecule has 0 aliphatic carbocycles. The van der Waals surface area contributed by atoms with Gasteiger partial charge in [0, 0.05) is 30.7 Å². The Morgan fingerprint density at radius 3 is 2.83 bits per heavy atom. The Balaban J connectivity index is 1.82. The Labute approximate surface area is 140 Å². The Morgan fingerprint density at radius 2 is 2.08 bits per heavy atom. The van der Waals surface area contributed by atoms with Gasteiger partial charge in [0.2, 0.25) is 0 Å². The summed E-state index contributed by atoms with van der Waals surface area (Å²) in [4.78, 5) is 4.36. The highest BCUT2D eigenvalue weighted by atomic mass is 16.5. The van der Waals surface area contributed by atoms with Gasteiger partial charge in [-0.3, -0.25) is 0 Å². The van der Waals surface area contributed by atoms with Crippen LogP contribution in [0.15, 0.2) is 42.7 Å². The van der Waals surface area contributed by atoms with Gasteiger partial charge in [-0.15, -0.1) is 5.10 Å². The van der Waals surface area contributed by atoms with Crippen molar-refractivity contribution in [1.29, 1.82) is 0 Å². The van der Waals surface area contributed by atoms with E-state index in [0.29, 0.717) is 13.2 Å². The SMILES string of the molecule is CCOc1ccc(Nc2cc(NCCCN)nn3ccnc23)cc1. The molecule has 2 aromatic heterocycles. The van der Waals surface area contributed by atoms with Gasteiger partial charge in [-0.05, 0) is 44.2 Å². The van der Waals surface area contributed by atoms with E-state index in [1.54, 1.807) is 10.7 Å². The minimum atomic E-state index is 0.650. The molecule has 0 bridgehead atoms. The number of fused-ring (bicyclic) bond motifs is 1. The van der Waals surface area contributed by atoms with Crippen LogP contribution in [-0.4, -0.2) is 34.3 Å². The van der Waals surface area contributed by atoms with Gasteiger partial charge in [-0.25, -0.2) is 9.50 Å². The summed E-state index contributed by atoms with van der Waals surface area (Å²) in [6, 6.07) is 9.79. The maximum Gasteiger partial charge on any atom is 0.177 e. The number of hydrogen-bond acceptors (Lipinski definition) is 6. The van der Waals surface area contributed by atoms with E-state index in [4.69, 9.17) is 10.5 Å². The summed E-state index contributed by atoms with van der Waals surface area (Å²) in [5.74, 6) is 1.63. The average molecular weight is 326 g/mol. The van der Waals surface area contributed by atoms with Gasteiger partial charge in [-0.1, -0.05) is 0 Å². The van der Waals surface area contributed by atoms with E-state index in [1.165, 1.54) is 0 Å². The van der Waals surface area contributed by atoms with Crippen LogP contribution >= 0.6 is 0 Å². The van der Waals surface area contributed by atoms with Crippen LogP contribution in [0.5, 0.6) is 5.75 Å². The van der Waals surface area contributed by atoms with Gasteiger partial charge in [0.1, 0.15) is 11.6 Å². The molecule has 0 fully saturated rings. The molecule has 0 aliphatic rings. The quantitative estimate of drug-likeness (QED) is 0.551. The fourth-order valence-electron chi connectivity index (χ4n) is 2.37. The van der Waals surface area contributed by atoms with Crippen LogP contribution in [0.4, 0.5) is 17.2 Å². The first-order valence-corrected chi connectivity index (χ1v) is 8.08. The zero-order valence-corrected chi connectivity index (χ0v) is 13.7. The zero-order valence-electron chi connectivity index (χ0n) is 13.7. The summed E-state index contributed by atoms with van der Waals surface area (Å²) in [5.41, 5.74) is 8.15. The number of rotatable bonds is 8. The summed E-state index contributed by atoms with van der Waals surface area (Å²) < 4.78 is 7.22. The molecule has 0 saturated carbocycles. The fourth-order valence-corrected chi connectivity index (χ4v) is 2.37. The number of anilines is 3. The highest BCUT2D eigenvalue weighted by Gasteiger charge is 2.07. The van der Waals surface area contributed by atoms with Crippen molar-refractivity contribution in [3.8, 4) is 5.75 Å². The molecule has 24 heavy (non-hydrogen) atoms. The monoisotopic (exact) mass is 326 g/mol. The fraction of sp³-hybridized carbons (Fsp3) is 0.294. The molecule has 126 valence electrons. The highest BCUT2D eigenvalue weighted by Crippen LogP contribution is 2.24. The molecule has 0 aliphatic heterocycles. The summed E-state index contributed by atoms with van der Waals surface area (Å²) in [6.45, 7) is 4.06. The molecule has 3 aromatic rings. The first kappa shape index (κ1) is 16.1. The maximum absolute atomic E-state index is 5.53. The van der Waals surface area contributed by atoms with E-state index < -0.39 is 0 Å². The van der Waals surface area contributed by atoms with Crippen LogP contribution in [0.3, 0.4) is 0 Å². The van der Waals surface area contributed by atoms with E-state index in [1.807, 2.05) is 43.5 Å². The molecule has 0 amide bonds. The van der Waals surface area contributed by atoms with Crippen LogP contribution in [0.25, 0.3) is 5.65 Å². The average Bonchev–Trinajstić information content (AvgIpc) is 3.06. The molecule has 1 aromatic carbocycles. The lowest BCUT2D eigenvalue weighted by Crippen LogP contribution is -2.11.